The largest absolute Gasteiger partial charge is 0.465 e. The van der Waals surface area contributed by atoms with Crippen LogP contribution in [0.1, 0.15) is 45.0 Å². The monoisotopic (exact) mass is 426 g/mol. The summed E-state index contributed by atoms with van der Waals surface area (Å²) in [7, 11) is 1.34. The molecule has 1 amide bonds. The molecule has 0 aliphatic carbocycles. The molecule has 0 bridgehead atoms. The van der Waals surface area contributed by atoms with Crippen molar-refractivity contribution < 1.29 is 14.3 Å². The second-order valence-corrected chi connectivity index (χ2v) is 8.54. The minimum absolute atomic E-state index is 0.256. The van der Waals surface area contributed by atoms with Gasteiger partial charge in [-0.25, -0.2) is 4.79 Å². The number of ether oxygens (including phenoxy) is 1. The molecule has 27 heavy (non-hydrogen) atoms. The molecule has 1 aromatic heterocycles. The minimum atomic E-state index is -0.442. The summed E-state index contributed by atoms with van der Waals surface area (Å²) in [6, 6.07) is 5.09. The first-order chi connectivity index (χ1) is 12.8. The number of halogens is 2. The van der Waals surface area contributed by atoms with E-state index in [9.17, 15) is 9.59 Å². The Morgan fingerprint density at radius 3 is 2.67 bits per heavy atom. The summed E-state index contributed by atoms with van der Waals surface area (Å²) < 4.78 is 4.96. The fraction of sp³-hybridized carbons (Fsp3) is 0.368. The molecule has 0 atom stereocenters. The number of hydrogen-bond donors (Lipinski definition) is 1. The Kier molecular flexibility index (Phi) is 6.11. The topological polar surface area (TPSA) is 58.6 Å². The van der Waals surface area contributed by atoms with Crippen molar-refractivity contribution in [1.82, 2.24) is 4.90 Å². The van der Waals surface area contributed by atoms with Gasteiger partial charge >= 0.3 is 5.97 Å². The third kappa shape index (κ3) is 4.14. The van der Waals surface area contributed by atoms with Crippen LogP contribution in [-0.2, 0) is 17.7 Å². The van der Waals surface area contributed by atoms with Gasteiger partial charge in [0.1, 0.15) is 5.00 Å². The van der Waals surface area contributed by atoms with E-state index in [2.05, 4.69) is 24.1 Å². The lowest BCUT2D eigenvalue weighted by atomic mass is 10.0. The number of carbonyl (C=O) groups excluding carboxylic acids is 2. The first-order valence-corrected chi connectivity index (χ1v) is 10.1. The third-order valence-corrected chi connectivity index (χ3v) is 6.29. The van der Waals surface area contributed by atoms with Crippen LogP contribution in [-0.4, -0.2) is 36.5 Å². The summed E-state index contributed by atoms with van der Waals surface area (Å²) in [5.74, 6) is -0.830. The van der Waals surface area contributed by atoms with Gasteiger partial charge in [-0.3, -0.25) is 9.69 Å². The molecule has 1 aromatic carbocycles. The molecule has 0 saturated heterocycles. The summed E-state index contributed by atoms with van der Waals surface area (Å²) in [6.07, 6.45) is 0.742. The van der Waals surface area contributed by atoms with Crippen molar-refractivity contribution >= 4 is 51.4 Å². The predicted octanol–water partition coefficient (Wildman–Crippen LogP) is 4.86. The Morgan fingerprint density at radius 2 is 2.04 bits per heavy atom. The Morgan fingerprint density at radius 1 is 1.30 bits per heavy atom. The van der Waals surface area contributed by atoms with E-state index < -0.39 is 5.97 Å². The molecular weight excluding hydrogens is 407 g/mol. The number of nitrogens with zero attached hydrogens (tertiary/aromatic N) is 1. The van der Waals surface area contributed by atoms with E-state index in [1.807, 2.05) is 0 Å². The summed E-state index contributed by atoms with van der Waals surface area (Å²) in [6.45, 7) is 5.90. The zero-order valence-electron chi connectivity index (χ0n) is 15.3. The molecule has 8 heteroatoms. The molecule has 1 aliphatic heterocycles. The summed E-state index contributed by atoms with van der Waals surface area (Å²) in [5, 5.41) is 4.04. The van der Waals surface area contributed by atoms with Crippen LogP contribution in [0.15, 0.2) is 18.2 Å². The van der Waals surface area contributed by atoms with Crippen LogP contribution in [0.4, 0.5) is 5.00 Å². The van der Waals surface area contributed by atoms with E-state index in [0.717, 1.165) is 30.0 Å². The summed E-state index contributed by atoms with van der Waals surface area (Å²) in [5.41, 5.74) is 1.70. The van der Waals surface area contributed by atoms with Gasteiger partial charge in [0.05, 0.1) is 23.3 Å². The van der Waals surface area contributed by atoms with Crippen molar-refractivity contribution in [2.24, 2.45) is 0 Å². The average Bonchev–Trinajstić information content (AvgIpc) is 2.97. The van der Waals surface area contributed by atoms with E-state index >= 15 is 0 Å². The maximum absolute atomic E-state index is 12.7. The molecule has 0 spiro atoms. The number of carbonyl (C=O) groups is 2. The second-order valence-electron chi connectivity index (χ2n) is 6.59. The van der Waals surface area contributed by atoms with Gasteiger partial charge in [0.15, 0.2) is 0 Å². The highest BCUT2D eigenvalue weighted by atomic mass is 35.5. The summed E-state index contributed by atoms with van der Waals surface area (Å²) >= 11 is 13.4. The Labute approximate surface area is 172 Å². The minimum Gasteiger partial charge on any atom is -0.465 e. The van der Waals surface area contributed by atoms with Crippen LogP contribution in [0, 0.1) is 0 Å². The van der Waals surface area contributed by atoms with Crippen LogP contribution in [0.3, 0.4) is 0 Å². The van der Waals surface area contributed by atoms with Gasteiger partial charge in [0.25, 0.3) is 5.91 Å². The number of nitrogens with one attached hydrogen (secondary N) is 1. The van der Waals surface area contributed by atoms with Crippen molar-refractivity contribution in [2.75, 3.05) is 19.0 Å². The fourth-order valence-corrected chi connectivity index (χ4v) is 4.86. The standard InChI is InChI=1S/C19H20Cl2N2O3S/c1-10(2)23-7-6-13-15(9-23)27-18(16(13)19(25)26-3)22-17(24)12-5-4-11(20)8-14(12)21/h4-5,8,10H,6-7,9H2,1-3H3,(H,22,24). The molecule has 0 fully saturated rings. The quantitative estimate of drug-likeness (QED) is 0.708. The zero-order chi connectivity index (χ0) is 19.7. The van der Waals surface area contributed by atoms with Gasteiger partial charge in [0.2, 0.25) is 0 Å². The maximum Gasteiger partial charge on any atom is 0.341 e. The van der Waals surface area contributed by atoms with E-state index in [4.69, 9.17) is 27.9 Å². The van der Waals surface area contributed by atoms with Crippen molar-refractivity contribution in [3.05, 3.63) is 49.8 Å². The summed E-state index contributed by atoms with van der Waals surface area (Å²) in [4.78, 5) is 28.5. The van der Waals surface area contributed by atoms with Crippen LogP contribution < -0.4 is 5.32 Å². The van der Waals surface area contributed by atoms with Crippen molar-refractivity contribution in [3.8, 4) is 0 Å². The Hall–Kier alpha value is -1.60. The van der Waals surface area contributed by atoms with Gasteiger partial charge in [-0.05, 0) is 44.0 Å². The van der Waals surface area contributed by atoms with E-state index in [1.165, 1.54) is 24.5 Å². The molecule has 144 valence electrons. The zero-order valence-corrected chi connectivity index (χ0v) is 17.6. The average molecular weight is 427 g/mol. The van der Waals surface area contributed by atoms with Gasteiger partial charge < -0.3 is 10.1 Å². The molecule has 0 saturated carbocycles. The molecule has 5 nitrogen and oxygen atoms in total. The van der Waals surface area contributed by atoms with Crippen LogP contribution in [0.25, 0.3) is 0 Å². The van der Waals surface area contributed by atoms with E-state index in [1.54, 1.807) is 12.1 Å². The molecule has 3 rings (SSSR count). The van der Waals surface area contributed by atoms with Crippen molar-refractivity contribution in [2.45, 2.75) is 32.9 Å². The number of esters is 1. The van der Waals surface area contributed by atoms with Gasteiger partial charge in [0, 0.05) is 29.0 Å². The number of methoxy groups -OCH3 is 1. The second kappa shape index (κ2) is 8.19. The Balaban J connectivity index is 1.95. The van der Waals surface area contributed by atoms with Crippen LogP contribution in [0.2, 0.25) is 10.0 Å². The number of benzene rings is 1. The predicted molar refractivity (Wildman–Crippen MR) is 109 cm³/mol. The molecule has 0 unspecified atom stereocenters. The lowest BCUT2D eigenvalue weighted by molar-refractivity contribution is 0.0600. The van der Waals surface area contributed by atoms with E-state index in [-0.39, 0.29) is 10.9 Å². The number of thiophene rings is 1. The number of anilines is 1. The number of rotatable bonds is 4. The number of amides is 1. The number of fused-ring (bicyclic) bond motifs is 1. The maximum atomic E-state index is 12.7. The van der Waals surface area contributed by atoms with Gasteiger partial charge in [-0.2, -0.15) is 0 Å². The lowest BCUT2D eigenvalue weighted by Gasteiger charge is -2.30. The van der Waals surface area contributed by atoms with Crippen molar-refractivity contribution in [3.63, 3.8) is 0 Å². The third-order valence-electron chi connectivity index (χ3n) is 4.61. The normalized spacial score (nSPS) is 14.1. The molecular formula is C19H20Cl2N2O3S. The number of hydrogen-bond acceptors (Lipinski definition) is 5. The fourth-order valence-electron chi connectivity index (χ4n) is 3.11. The molecule has 1 N–H and O–H groups in total. The highest BCUT2D eigenvalue weighted by Gasteiger charge is 2.30. The first kappa shape index (κ1) is 20.1. The first-order valence-electron chi connectivity index (χ1n) is 8.55. The van der Waals surface area contributed by atoms with Gasteiger partial charge in [-0.15, -0.1) is 11.3 Å². The van der Waals surface area contributed by atoms with Crippen molar-refractivity contribution in [1.29, 1.82) is 0 Å². The Bertz CT molecular complexity index is 895. The molecule has 2 aromatic rings. The molecule has 2 heterocycles. The molecule has 0 radical (unpaired) electrons. The lowest BCUT2D eigenvalue weighted by Crippen LogP contribution is -2.35. The van der Waals surface area contributed by atoms with E-state index in [0.29, 0.717) is 27.2 Å². The SMILES string of the molecule is COC(=O)c1c(NC(=O)c2ccc(Cl)cc2Cl)sc2c1CCN(C(C)C)C2. The molecule has 1 aliphatic rings. The van der Waals surface area contributed by atoms with Crippen LogP contribution >= 0.6 is 34.5 Å². The highest BCUT2D eigenvalue weighted by molar-refractivity contribution is 7.17. The highest BCUT2D eigenvalue weighted by Crippen LogP contribution is 2.38. The smallest absolute Gasteiger partial charge is 0.341 e. The van der Waals surface area contributed by atoms with Crippen LogP contribution in [0.5, 0.6) is 0 Å². The van der Waals surface area contributed by atoms with Gasteiger partial charge in [-0.1, -0.05) is 23.2 Å².